The average molecular weight is 214 g/mol. The highest BCUT2D eigenvalue weighted by molar-refractivity contribution is 6.03. The number of amides is 1. The Bertz CT molecular complexity index is 515. The molecule has 82 valence electrons. The lowest BCUT2D eigenvalue weighted by Gasteiger charge is -2.10. The van der Waals surface area contributed by atoms with Crippen LogP contribution < -0.4 is 11.1 Å². The zero-order valence-electron chi connectivity index (χ0n) is 9.10. The van der Waals surface area contributed by atoms with E-state index in [1.165, 1.54) is 0 Å². The van der Waals surface area contributed by atoms with Crippen molar-refractivity contribution >= 4 is 22.4 Å². The van der Waals surface area contributed by atoms with Crippen LogP contribution in [0.15, 0.2) is 42.5 Å². The minimum atomic E-state index is -0.501. The van der Waals surface area contributed by atoms with Crippen LogP contribution in [-0.4, -0.2) is 11.9 Å². The van der Waals surface area contributed by atoms with Gasteiger partial charge in [-0.25, -0.2) is 0 Å². The molecule has 0 fully saturated rings. The number of nitrogens with two attached hydrogens (primary N) is 1. The fourth-order valence-corrected chi connectivity index (χ4v) is 1.58. The summed E-state index contributed by atoms with van der Waals surface area (Å²) in [5.41, 5.74) is 6.32. The first kappa shape index (κ1) is 10.6. The lowest BCUT2D eigenvalue weighted by Crippen LogP contribution is -2.32. The van der Waals surface area contributed by atoms with Crippen molar-refractivity contribution < 1.29 is 4.79 Å². The quantitative estimate of drug-likeness (QED) is 0.804. The number of hydrogen-bond donors (Lipinski definition) is 2. The van der Waals surface area contributed by atoms with Crippen molar-refractivity contribution in [3.63, 3.8) is 0 Å². The number of carbonyl (C=O) groups is 1. The van der Waals surface area contributed by atoms with Crippen LogP contribution in [0.5, 0.6) is 0 Å². The molecular weight excluding hydrogens is 200 g/mol. The molecule has 2 aromatic rings. The summed E-state index contributed by atoms with van der Waals surface area (Å²) in [7, 11) is 0. The Kier molecular flexibility index (Phi) is 2.88. The molecule has 3 heteroatoms. The van der Waals surface area contributed by atoms with Crippen molar-refractivity contribution in [3.8, 4) is 0 Å². The van der Waals surface area contributed by atoms with Crippen molar-refractivity contribution in [1.82, 2.24) is 0 Å². The molecule has 3 nitrogen and oxygen atoms in total. The maximum Gasteiger partial charge on any atom is 0.241 e. The van der Waals surface area contributed by atoms with E-state index in [9.17, 15) is 4.79 Å². The van der Waals surface area contributed by atoms with Crippen molar-refractivity contribution in [2.45, 2.75) is 13.0 Å². The third kappa shape index (κ3) is 2.04. The maximum absolute atomic E-state index is 11.5. The second kappa shape index (κ2) is 4.33. The number of anilines is 1. The van der Waals surface area contributed by atoms with E-state index in [4.69, 9.17) is 5.73 Å². The molecule has 2 aromatic carbocycles. The summed E-state index contributed by atoms with van der Waals surface area (Å²) in [5.74, 6) is -0.170. The maximum atomic E-state index is 11.5. The lowest BCUT2D eigenvalue weighted by atomic mass is 10.1. The number of nitrogens with one attached hydrogen (secondary N) is 1. The fraction of sp³-hybridized carbons (Fsp3) is 0.154. The van der Waals surface area contributed by atoms with Gasteiger partial charge in [-0.15, -0.1) is 0 Å². The molecular formula is C13H14N2O. The van der Waals surface area contributed by atoms with Crippen LogP contribution in [0.4, 0.5) is 5.69 Å². The Morgan fingerprint density at radius 1 is 1.19 bits per heavy atom. The van der Waals surface area contributed by atoms with Crippen LogP contribution in [0.25, 0.3) is 10.8 Å². The largest absolute Gasteiger partial charge is 0.324 e. The minimum absolute atomic E-state index is 0.170. The van der Waals surface area contributed by atoms with Gasteiger partial charge < -0.3 is 11.1 Å². The molecule has 1 amide bonds. The molecule has 16 heavy (non-hydrogen) atoms. The van der Waals surface area contributed by atoms with Crippen LogP contribution in [0.2, 0.25) is 0 Å². The van der Waals surface area contributed by atoms with E-state index < -0.39 is 6.04 Å². The van der Waals surface area contributed by atoms with Crippen molar-refractivity contribution in [3.05, 3.63) is 42.5 Å². The highest BCUT2D eigenvalue weighted by Crippen LogP contribution is 2.22. The fourth-order valence-electron chi connectivity index (χ4n) is 1.58. The first-order chi connectivity index (χ1) is 7.68. The van der Waals surface area contributed by atoms with Gasteiger partial charge in [0.25, 0.3) is 0 Å². The van der Waals surface area contributed by atoms with Gasteiger partial charge >= 0.3 is 0 Å². The van der Waals surface area contributed by atoms with E-state index >= 15 is 0 Å². The molecule has 3 N–H and O–H groups in total. The normalized spacial score (nSPS) is 12.4. The topological polar surface area (TPSA) is 55.1 Å². The van der Waals surface area contributed by atoms with Gasteiger partial charge in [0, 0.05) is 11.1 Å². The summed E-state index contributed by atoms with van der Waals surface area (Å²) in [5, 5.41) is 4.95. The van der Waals surface area contributed by atoms with Gasteiger partial charge in [-0.05, 0) is 18.4 Å². The molecule has 1 atom stereocenters. The number of hydrogen-bond acceptors (Lipinski definition) is 2. The molecule has 0 bridgehead atoms. The van der Waals surface area contributed by atoms with Gasteiger partial charge in [0.2, 0.25) is 5.91 Å². The lowest BCUT2D eigenvalue weighted by molar-refractivity contribution is -0.117. The summed E-state index contributed by atoms with van der Waals surface area (Å²) >= 11 is 0. The van der Waals surface area contributed by atoms with E-state index in [1.54, 1.807) is 6.92 Å². The SMILES string of the molecule is C[C@@H](N)C(=O)Nc1cccc2ccccc12. The Balaban J connectivity index is 2.41. The molecule has 0 saturated heterocycles. The molecule has 0 aromatic heterocycles. The highest BCUT2D eigenvalue weighted by atomic mass is 16.2. The second-order valence-electron chi connectivity index (χ2n) is 3.80. The summed E-state index contributed by atoms with van der Waals surface area (Å²) in [6.45, 7) is 1.67. The standard InChI is InChI=1S/C13H14N2O/c1-9(14)13(16)15-12-8-4-6-10-5-2-3-7-11(10)12/h2-9H,14H2,1H3,(H,15,16)/t9-/m1/s1. The molecule has 0 heterocycles. The third-order valence-electron chi connectivity index (χ3n) is 2.46. The monoisotopic (exact) mass is 214 g/mol. The second-order valence-corrected chi connectivity index (χ2v) is 3.80. The van der Waals surface area contributed by atoms with E-state index in [1.807, 2.05) is 42.5 Å². The molecule has 0 radical (unpaired) electrons. The summed E-state index contributed by atoms with van der Waals surface area (Å²) in [4.78, 5) is 11.5. The number of benzene rings is 2. The Hall–Kier alpha value is -1.87. The third-order valence-corrected chi connectivity index (χ3v) is 2.46. The van der Waals surface area contributed by atoms with Crippen molar-refractivity contribution in [2.24, 2.45) is 5.73 Å². The zero-order chi connectivity index (χ0) is 11.5. The molecule has 0 unspecified atom stereocenters. The van der Waals surface area contributed by atoms with Crippen LogP contribution >= 0.6 is 0 Å². The van der Waals surface area contributed by atoms with Crippen LogP contribution in [-0.2, 0) is 4.79 Å². The minimum Gasteiger partial charge on any atom is -0.324 e. The van der Waals surface area contributed by atoms with Crippen LogP contribution in [0, 0.1) is 0 Å². The van der Waals surface area contributed by atoms with E-state index in [0.29, 0.717) is 0 Å². The first-order valence-electron chi connectivity index (χ1n) is 5.22. The van der Waals surface area contributed by atoms with E-state index in [-0.39, 0.29) is 5.91 Å². The van der Waals surface area contributed by atoms with E-state index in [2.05, 4.69) is 5.32 Å². The smallest absolute Gasteiger partial charge is 0.241 e. The average Bonchev–Trinajstić information content (AvgIpc) is 2.29. The first-order valence-corrected chi connectivity index (χ1v) is 5.22. The molecule has 0 saturated carbocycles. The number of carbonyl (C=O) groups excluding carboxylic acids is 1. The van der Waals surface area contributed by atoms with Gasteiger partial charge in [0.1, 0.15) is 0 Å². The van der Waals surface area contributed by atoms with Gasteiger partial charge in [-0.2, -0.15) is 0 Å². The Morgan fingerprint density at radius 3 is 2.62 bits per heavy atom. The van der Waals surface area contributed by atoms with Gasteiger partial charge in [0.05, 0.1) is 6.04 Å². The van der Waals surface area contributed by atoms with Crippen molar-refractivity contribution in [1.29, 1.82) is 0 Å². The Morgan fingerprint density at radius 2 is 1.88 bits per heavy atom. The van der Waals surface area contributed by atoms with Crippen LogP contribution in [0.3, 0.4) is 0 Å². The molecule has 0 spiro atoms. The molecule has 0 aliphatic carbocycles. The Labute approximate surface area is 94.3 Å². The van der Waals surface area contributed by atoms with Gasteiger partial charge in [-0.3, -0.25) is 4.79 Å². The van der Waals surface area contributed by atoms with Crippen LogP contribution in [0.1, 0.15) is 6.92 Å². The van der Waals surface area contributed by atoms with Gasteiger partial charge in [-0.1, -0.05) is 36.4 Å². The molecule has 0 aliphatic heterocycles. The number of rotatable bonds is 2. The van der Waals surface area contributed by atoms with E-state index in [0.717, 1.165) is 16.5 Å². The zero-order valence-corrected chi connectivity index (χ0v) is 9.10. The van der Waals surface area contributed by atoms with Gasteiger partial charge in [0.15, 0.2) is 0 Å². The predicted octanol–water partition coefficient (Wildman–Crippen LogP) is 2.13. The summed E-state index contributed by atoms with van der Waals surface area (Å²) in [6, 6.07) is 13.2. The number of fused-ring (bicyclic) bond motifs is 1. The highest BCUT2D eigenvalue weighted by Gasteiger charge is 2.08. The predicted molar refractivity (Wildman–Crippen MR) is 66.2 cm³/mol. The summed E-state index contributed by atoms with van der Waals surface area (Å²) in [6.07, 6.45) is 0. The summed E-state index contributed by atoms with van der Waals surface area (Å²) < 4.78 is 0. The molecule has 0 aliphatic rings. The molecule has 2 rings (SSSR count). The van der Waals surface area contributed by atoms with Crippen molar-refractivity contribution in [2.75, 3.05) is 5.32 Å².